The van der Waals surface area contributed by atoms with Crippen molar-refractivity contribution in [1.29, 1.82) is 0 Å². The second-order valence-corrected chi connectivity index (χ2v) is 7.43. The first kappa shape index (κ1) is 21.0. The average molecular weight is 350 g/mol. The minimum absolute atomic E-state index is 0.0807. The number of carbonyl (C=O) groups is 2. The number of nitrogens with one attached hydrogen (secondary N) is 1. The highest BCUT2D eigenvalue weighted by Crippen LogP contribution is 2.26. The molecule has 1 rings (SSSR count). The van der Waals surface area contributed by atoms with Gasteiger partial charge in [0.15, 0.2) is 0 Å². The molecule has 0 atom stereocenters. The van der Waals surface area contributed by atoms with Crippen LogP contribution in [-0.4, -0.2) is 43.4 Å². The second kappa shape index (κ2) is 9.42. The number of rotatable bonds is 7. The van der Waals surface area contributed by atoms with E-state index in [-0.39, 0.29) is 43.5 Å². The van der Waals surface area contributed by atoms with E-state index in [1.54, 1.807) is 6.07 Å². The molecule has 140 valence electrons. The van der Waals surface area contributed by atoms with E-state index in [0.717, 1.165) is 5.56 Å². The van der Waals surface area contributed by atoms with Crippen molar-refractivity contribution in [2.24, 2.45) is 5.92 Å². The van der Waals surface area contributed by atoms with Crippen molar-refractivity contribution in [1.82, 2.24) is 5.32 Å². The Morgan fingerprint density at radius 2 is 1.96 bits per heavy atom. The summed E-state index contributed by atoms with van der Waals surface area (Å²) >= 11 is 0. The van der Waals surface area contributed by atoms with Gasteiger partial charge < -0.3 is 15.2 Å². The van der Waals surface area contributed by atoms with E-state index in [9.17, 15) is 9.59 Å². The third-order valence-electron chi connectivity index (χ3n) is 3.52. The number of aliphatic hydroxyl groups is 1. The maximum Gasteiger partial charge on any atom is 0.414 e. The van der Waals surface area contributed by atoms with Gasteiger partial charge in [0.1, 0.15) is 6.54 Å². The summed E-state index contributed by atoms with van der Waals surface area (Å²) in [4.78, 5) is 25.9. The molecule has 0 saturated heterocycles. The number of anilines is 1. The lowest BCUT2D eigenvalue weighted by atomic mass is 9.87. The number of aliphatic hydroxyl groups excluding tert-OH is 1. The molecule has 0 fully saturated rings. The molecule has 0 saturated carbocycles. The standard InChI is InChI=1S/C19H30N2O4/c1-14(2)13-25-18(24)21(12-17(23)20-9-10-22)16-8-6-7-15(11-16)19(3,4)5/h6-8,11,14,22H,9-10,12-13H2,1-5H3,(H,20,23). The first-order chi connectivity index (χ1) is 11.6. The highest BCUT2D eigenvalue weighted by atomic mass is 16.6. The van der Waals surface area contributed by atoms with Gasteiger partial charge in [0.25, 0.3) is 0 Å². The summed E-state index contributed by atoms with van der Waals surface area (Å²) in [6, 6.07) is 7.54. The summed E-state index contributed by atoms with van der Waals surface area (Å²) in [5.74, 6) is -0.147. The molecule has 0 aliphatic carbocycles. The highest BCUT2D eigenvalue weighted by molar-refractivity contribution is 5.95. The third-order valence-corrected chi connectivity index (χ3v) is 3.52. The van der Waals surface area contributed by atoms with Crippen LogP contribution in [0.5, 0.6) is 0 Å². The van der Waals surface area contributed by atoms with Crippen LogP contribution < -0.4 is 10.2 Å². The summed E-state index contributed by atoms with van der Waals surface area (Å²) in [5.41, 5.74) is 1.59. The Bertz CT molecular complexity index is 579. The lowest BCUT2D eigenvalue weighted by Gasteiger charge is -2.25. The topological polar surface area (TPSA) is 78.9 Å². The fourth-order valence-electron chi connectivity index (χ4n) is 2.11. The normalized spacial score (nSPS) is 11.3. The summed E-state index contributed by atoms with van der Waals surface area (Å²) < 4.78 is 5.31. The van der Waals surface area contributed by atoms with E-state index in [1.165, 1.54) is 4.90 Å². The molecule has 25 heavy (non-hydrogen) atoms. The summed E-state index contributed by atoms with van der Waals surface area (Å²) in [5, 5.41) is 11.4. The molecule has 6 heteroatoms. The first-order valence-corrected chi connectivity index (χ1v) is 8.57. The van der Waals surface area contributed by atoms with Crippen LogP contribution in [-0.2, 0) is 14.9 Å². The predicted molar refractivity (Wildman–Crippen MR) is 98.8 cm³/mol. The van der Waals surface area contributed by atoms with Gasteiger partial charge in [-0.3, -0.25) is 9.69 Å². The van der Waals surface area contributed by atoms with Crippen molar-refractivity contribution in [3.63, 3.8) is 0 Å². The van der Waals surface area contributed by atoms with E-state index in [4.69, 9.17) is 9.84 Å². The number of nitrogens with zero attached hydrogens (tertiary/aromatic N) is 1. The van der Waals surface area contributed by atoms with Gasteiger partial charge in [0.05, 0.1) is 13.2 Å². The molecule has 1 aromatic rings. The number of benzene rings is 1. The van der Waals surface area contributed by atoms with Crippen LogP contribution in [0.25, 0.3) is 0 Å². The second-order valence-electron chi connectivity index (χ2n) is 7.43. The van der Waals surface area contributed by atoms with Crippen LogP contribution in [0.3, 0.4) is 0 Å². The van der Waals surface area contributed by atoms with E-state index in [2.05, 4.69) is 26.1 Å². The average Bonchev–Trinajstić information content (AvgIpc) is 2.55. The molecule has 0 radical (unpaired) electrons. The summed E-state index contributed by atoms with van der Waals surface area (Å²) in [6.07, 6.45) is -0.557. The molecule has 0 aliphatic heterocycles. The molecule has 0 unspecified atom stereocenters. The maximum absolute atomic E-state index is 12.5. The van der Waals surface area contributed by atoms with Crippen LogP contribution in [0.4, 0.5) is 10.5 Å². The van der Waals surface area contributed by atoms with Gasteiger partial charge in [-0.2, -0.15) is 0 Å². The molecular weight excluding hydrogens is 320 g/mol. The summed E-state index contributed by atoms with van der Waals surface area (Å²) in [6.45, 7) is 10.3. The van der Waals surface area contributed by atoms with Crippen molar-refractivity contribution in [3.05, 3.63) is 29.8 Å². The van der Waals surface area contributed by atoms with Gasteiger partial charge >= 0.3 is 6.09 Å². The predicted octanol–water partition coefficient (Wildman–Crippen LogP) is 2.69. The molecular formula is C19H30N2O4. The molecule has 0 heterocycles. The highest BCUT2D eigenvalue weighted by Gasteiger charge is 2.23. The Kier molecular flexibility index (Phi) is 7.90. The van der Waals surface area contributed by atoms with Crippen molar-refractivity contribution in [2.45, 2.75) is 40.0 Å². The maximum atomic E-state index is 12.5. The molecule has 0 aromatic heterocycles. The fourth-order valence-corrected chi connectivity index (χ4v) is 2.11. The van der Waals surface area contributed by atoms with Crippen LogP contribution in [0.15, 0.2) is 24.3 Å². The van der Waals surface area contributed by atoms with Crippen molar-refractivity contribution in [3.8, 4) is 0 Å². The van der Waals surface area contributed by atoms with Crippen LogP contribution >= 0.6 is 0 Å². The zero-order valence-corrected chi connectivity index (χ0v) is 15.8. The van der Waals surface area contributed by atoms with Crippen LogP contribution in [0.1, 0.15) is 40.2 Å². The van der Waals surface area contributed by atoms with Crippen molar-refractivity contribution < 1.29 is 19.4 Å². The SMILES string of the molecule is CC(C)COC(=O)N(CC(=O)NCCO)c1cccc(C(C)(C)C)c1. The zero-order valence-electron chi connectivity index (χ0n) is 15.8. The first-order valence-electron chi connectivity index (χ1n) is 8.57. The molecule has 6 nitrogen and oxygen atoms in total. The minimum Gasteiger partial charge on any atom is -0.449 e. The Morgan fingerprint density at radius 3 is 2.52 bits per heavy atom. The molecule has 0 spiro atoms. The summed E-state index contributed by atoms with van der Waals surface area (Å²) in [7, 11) is 0. The smallest absolute Gasteiger partial charge is 0.414 e. The Morgan fingerprint density at radius 1 is 1.28 bits per heavy atom. The molecule has 0 bridgehead atoms. The number of amides is 2. The number of hydrogen-bond acceptors (Lipinski definition) is 4. The van der Waals surface area contributed by atoms with Gasteiger partial charge in [-0.15, -0.1) is 0 Å². The van der Waals surface area contributed by atoms with Gasteiger partial charge in [0.2, 0.25) is 5.91 Å². The molecule has 2 N–H and O–H groups in total. The van der Waals surface area contributed by atoms with Crippen molar-refractivity contribution in [2.75, 3.05) is 31.2 Å². The number of carbonyl (C=O) groups excluding carboxylic acids is 2. The van der Waals surface area contributed by atoms with E-state index >= 15 is 0 Å². The lowest BCUT2D eigenvalue weighted by molar-refractivity contribution is -0.119. The van der Waals surface area contributed by atoms with Gasteiger partial charge in [-0.05, 0) is 29.0 Å². The fraction of sp³-hybridized carbons (Fsp3) is 0.579. The van der Waals surface area contributed by atoms with Crippen molar-refractivity contribution >= 4 is 17.7 Å². The van der Waals surface area contributed by atoms with Gasteiger partial charge in [-0.1, -0.05) is 46.8 Å². The third kappa shape index (κ3) is 7.13. The van der Waals surface area contributed by atoms with E-state index in [1.807, 2.05) is 32.0 Å². The Labute approximate surface area is 150 Å². The van der Waals surface area contributed by atoms with E-state index < -0.39 is 6.09 Å². The Balaban J connectivity index is 3.04. The molecule has 2 amide bonds. The van der Waals surface area contributed by atoms with Gasteiger partial charge in [-0.25, -0.2) is 4.79 Å². The van der Waals surface area contributed by atoms with Crippen LogP contribution in [0, 0.1) is 5.92 Å². The monoisotopic (exact) mass is 350 g/mol. The largest absolute Gasteiger partial charge is 0.449 e. The van der Waals surface area contributed by atoms with E-state index in [0.29, 0.717) is 5.69 Å². The van der Waals surface area contributed by atoms with Gasteiger partial charge in [0, 0.05) is 12.2 Å². The van der Waals surface area contributed by atoms with Crippen LogP contribution in [0.2, 0.25) is 0 Å². The molecule has 0 aliphatic rings. The Hall–Kier alpha value is -2.08. The molecule has 1 aromatic carbocycles. The number of ether oxygens (including phenoxy) is 1. The quantitative estimate of drug-likeness (QED) is 0.792. The minimum atomic E-state index is -0.557. The lowest BCUT2D eigenvalue weighted by Crippen LogP contribution is -2.42. The number of hydrogen-bond donors (Lipinski definition) is 2. The zero-order chi connectivity index (χ0) is 19.0.